The van der Waals surface area contributed by atoms with E-state index in [0.717, 1.165) is 37.9 Å². The molecule has 3 rings (SSSR count). The van der Waals surface area contributed by atoms with Crippen molar-refractivity contribution in [1.29, 1.82) is 0 Å². The van der Waals surface area contributed by atoms with Gasteiger partial charge in [-0.2, -0.15) is 0 Å². The second-order valence-electron chi connectivity index (χ2n) is 7.73. The average molecular weight is 380 g/mol. The molecule has 1 fully saturated rings. The third kappa shape index (κ3) is 4.78. The summed E-state index contributed by atoms with van der Waals surface area (Å²) in [5, 5.41) is 9.83. The fourth-order valence-corrected chi connectivity index (χ4v) is 3.94. The maximum absolute atomic E-state index is 12.0. The topological polar surface area (TPSA) is 60.9 Å². The van der Waals surface area contributed by atoms with Crippen molar-refractivity contribution in [1.82, 2.24) is 9.80 Å². The first-order valence-electron chi connectivity index (χ1n) is 9.78. The van der Waals surface area contributed by atoms with E-state index in [1.54, 1.807) is 38.4 Å². The molecular formula is C23H28N2O3. The number of piperidine rings is 1. The first-order chi connectivity index (χ1) is 13.5. The minimum atomic E-state index is -0.840. The molecule has 2 aromatic rings. The van der Waals surface area contributed by atoms with Crippen molar-refractivity contribution < 1.29 is 14.7 Å². The van der Waals surface area contributed by atoms with Gasteiger partial charge < -0.3 is 10.0 Å². The molecule has 1 N–H and O–H groups in total. The van der Waals surface area contributed by atoms with Crippen LogP contribution in [0.3, 0.4) is 0 Å². The highest BCUT2D eigenvalue weighted by molar-refractivity contribution is 5.94. The van der Waals surface area contributed by atoms with Gasteiger partial charge in [-0.25, -0.2) is 0 Å². The van der Waals surface area contributed by atoms with E-state index in [1.807, 2.05) is 11.0 Å². The standard InChI is InChI=1S/C23H28N2O3/c1-24(2)22(26)20-10-8-19(9-11-20)21(23(27)28)25-14-12-18(13-15-25)16-17-6-4-3-5-7-17/h3-11,18,21H,12-16H2,1-2H3,(H,27,28)/t21-/m0/s1. The van der Waals surface area contributed by atoms with Crippen LogP contribution in [-0.4, -0.2) is 54.0 Å². The summed E-state index contributed by atoms with van der Waals surface area (Å²) in [6, 6.07) is 16.8. The van der Waals surface area contributed by atoms with Gasteiger partial charge in [0.25, 0.3) is 5.91 Å². The van der Waals surface area contributed by atoms with Crippen LogP contribution in [-0.2, 0) is 11.2 Å². The minimum Gasteiger partial charge on any atom is -0.480 e. The Morgan fingerprint density at radius 2 is 1.64 bits per heavy atom. The fourth-order valence-electron chi connectivity index (χ4n) is 3.94. The number of carbonyl (C=O) groups is 2. The van der Waals surface area contributed by atoms with Crippen molar-refractivity contribution in [2.45, 2.75) is 25.3 Å². The van der Waals surface area contributed by atoms with E-state index in [1.165, 1.54) is 10.5 Å². The van der Waals surface area contributed by atoms with Crippen LogP contribution in [0.15, 0.2) is 54.6 Å². The molecule has 1 aliphatic rings. The van der Waals surface area contributed by atoms with E-state index in [4.69, 9.17) is 0 Å². The smallest absolute Gasteiger partial charge is 0.325 e. The third-order valence-electron chi connectivity index (χ3n) is 5.49. The molecule has 1 amide bonds. The number of hydrogen-bond donors (Lipinski definition) is 1. The van der Waals surface area contributed by atoms with Crippen LogP contribution in [0.1, 0.15) is 40.4 Å². The van der Waals surface area contributed by atoms with Gasteiger partial charge in [-0.05, 0) is 61.5 Å². The Bertz CT molecular complexity index is 794. The number of rotatable bonds is 6. The lowest BCUT2D eigenvalue weighted by molar-refractivity contribution is -0.144. The second-order valence-corrected chi connectivity index (χ2v) is 7.73. The molecule has 148 valence electrons. The lowest BCUT2D eigenvalue weighted by atomic mass is 9.89. The zero-order valence-corrected chi connectivity index (χ0v) is 16.5. The molecule has 1 heterocycles. The van der Waals surface area contributed by atoms with Gasteiger partial charge in [-0.1, -0.05) is 42.5 Å². The van der Waals surface area contributed by atoms with Crippen LogP contribution >= 0.6 is 0 Å². The fraction of sp³-hybridized carbons (Fsp3) is 0.391. The summed E-state index contributed by atoms with van der Waals surface area (Å²) in [6.07, 6.45) is 3.04. The number of hydrogen-bond acceptors (Lipinski definition) is 3. The molecular weight excluding hydrogens is 352 g/mol. The molecule has 0 spiro atoms. The predicted molar refractivity (Wildman–Crippen MR) is 109 cm³/mol. The molecule has 5 nitrogen and oxygen atoms in total. The summed E-state index contributed by atoms with van der Waals surface area (Å²) in [7, 11) is 3.41. The lowest BCUT2D eigenvalue weighted by Gasteiger charge is -2.36. The quantitative estimate of drug-likeness (QED) is 0.834. The van der Waals surface area contributed by atoms with E-state index in [9.17, 15) is 14.7 Å². The number of nitrogens with zero attached hydrogens (tertiary/aromatic N) is 2. The molecule has 0 aromatic heterocycles. The number of aliphatic carboxylic acids is 1. The molecule has 0 unspecified atom stereocenters. The molecule has 0 radical (unpaired) electrons. The van der Waals surface area contributed by atoms with Crippen molar-refractivity contribution in [3.8, 4) is 0 Å². The molecule has 0 saturated carbocycles. The highest BCUT2D eigenvalue weighted by Gasteiger charge is 2.31. The van der Waals surface area contributed by atoms with E-state index < -0.39 is 12.0 Å². The number of likely N-dealkylation sites (tertiary alicyclic amines) is 1. The Kier molecular flexibility index (Phi) is 6.47. The molecule has 2 aromatic carbocycles. The normalized spacial score (nSPS) is 16.5. The summed E-state index contributed by atoms with van der Waals surface area (Å²) in [5.74, 6) is -0.332. The Hall–Kier alpha value is -2.66. The van der Waals surface area contributed by atoms with Crippen molar-refractivity contribution in [3.63, 3.8) is 0 Å². The molecule has 0 bridgehead atoms. The number of amides is 1. The molecule has 5 heteroatoms. The van der Waals surface area contributed by atoms with Crippen LogP contribution in [0.2, 0.25) is 0 Å². The minimum absolute atomic E-state index is 0.0832. The Morgan fingerprint density at radius 1 is 1.04 bits per heavy atom. The van der Waals surface area contributed by atoms with Gasteiger partial charge >= 0.3 is 5.97 Å². The molecule has 28 heavy (non-hydrogen) atoms. The largest absolute Gasteiger partial charge is 0.480 e. The Morgan fingerprint density at radius 3 is 2.18 bits per heavy atom. The van der Waals surface area contributed by atoms with Crippen LogP contribution in [0, 0.1) is 5.92 Å². The van der Waals surface area contributed by atoms with Gasteiger partial charge in [0.1, 0.15) is 6.04 Å². The van der Waals surface area contributed by atoms with E-state index >= 15 is 0 Å². The highest BCUT2D eigenvalue weighted by Crippen LogP contribution is 2.29. The van der Waals surface area contributed by atoms with Gasteiger partial charge in [0, 0.05) is 19.7 Å². The maximum atomic E-state index is 12.0. The highest BCUT2D eigenvalue weighted by atomic mass is 16.4. The molecule has 1 atom stereocenters. The van der Waals surface area contributed by atoms with Crippen LogP contribution in [0.4, 0.5) is 0 Å². The summed E-state index contributed by atoms with van der Waals surface area (Å²) >= 11 is 0. The first kappa shape index (κ1) is 20.1. The number of benzene rings is 2. The van der Waals surface area contributed by atoms with Crippen LogP contribution in [0.5, 0.6) is 0 Å². The maximum Gasteiger partial charge on any atom is 0.325 e. The Balaban J connectivity index is 1.65. The van der Waals surface area contributed by atoms with E-state index in [0.29, 0.717) is 11.5 Å². The number of carboxylic acid groups (broad SMARTS) is 1. The summed E-state index contributed by atoms with van der Waals surface area (Å²) < 4.78 is 0. The van der Waals surface area contributed by atoms with Crippen LogP contribution in [0.25, 0.3) is 0 Å². The Labute approximate surface area is 166 Å². The first-order valence-corrected chi connectivity index (χ1v) is 9.78. The van der Waals surface area contributed by atoms with Gasteiger partial charge in [0.15, 0.2) is 0 Å². The van der Waals surface area contributed by atoms with Crippen molar-refractivity contribution in [2.75, 3.05) is 27.2 Å². The van der Waals surface area contributed by atoms with Crippen LogP contribution < -0.4 is 0 Å². The summed E-state index contributed by atoms with van der Waals surface area (Å²) in [4.78, 5) is 27.6. The van der Waals surface area contributed by atoms with E-state index in [2.05, 4.69) is 24.3 Å². The third-order valence-corrected chi connectivity index (χ3v) is 5.49. The summed E-state index contributed by atoms with van der Waals surface area (Å²) in [5.41, 5.74) is 2.64. The molecule has 1 aliphatic heterocycles. The number of carbonyl (C=O) groups excluding carboxylic acids is 1. The predicted octanol–water partition coefficient (Wildman–Crippen LogP) is 3.47. The molecule has 1 saturated heterocycles. The van der Waals surface area contributed by atoms with Crippen molar-refractivity contribution >= 4 is 11.9 Å². The van der Waals surface area contributed by atoms with E-state index in [-0.39, 0.29) is 5.91 Å². The lowest BCUT2D eigenvalue weighted by Crippen LogP contribution is -2.40. The van der Waals surface area contributed by atoms with Gasteiger partial charge in [0.05, 0.1) is 0 Å². The average Bonchev–Trinajstić information content (AvgIpc) is 2.70. The zero-order chi connectivity index (χ0) is 20.1. The SMILES string of the molecule is CN(C)C(=O)c1ccc([C@@H](C(=O)O)N2CCC(Cc3ccccc3)CC2)cc1. The van der Waals surface area contributed by atoms with Gasteiger partial charge in [-0.15, -0.1) is 0 Å². The zero-order valence-electron chi connectivity index (χ0n) is 16.5. The molecule has 0 aliphatic carbocycles. The number of carboxylic acids is 1. The van der Waals surface area contributed by atoms with Gasteiger partial charge in [-0.3, -0.25) is 14.5 Å². The van der Waals surface area contributed by atoms with Crippen molar-refractivity contribution in [3.05, 3.63) is 71.3 Å². The second kappa shape index (κ2) is 9.02. The monoisotopic (exact) mass is 380 g/mol. The van der Waals surface area contributed by atoms with Gasteiger partial charge in [0.2, 0.25) is 0 Å². The van der Waals surface area contributed by atoms with Crippen molar-refractivity contribution in [2.24, 2.45) is 5.92 Å². The summed E-state index contributed by atoms with van der Waals surface area (Å²) in [6.45, 7) is 1.54.